The lowest BCUT2D eigenvalue weighted by Crippen LogP contribution is -2.19. The molecule has 0 bridgehead atoms. The summed E-state index contributed by atoms with van der Waals surface area (Å²) < 4.78 is 0. The van der Waals surface area contributed by atoms with Crippen LogP contribution in [0.25, 0.3) is 11.3 Å². The molecule has 1 aromatic carbocycles. The number of rotatable bonds is 6. The smallest absolute Gasteiger partial charge is 0.251 e. The molecule has 0 spiro atoms. The van der Waals surface area contributed by atoms with Gasteiger partial charge in [0.25, 0.3) is 5.91 Å². The molecule has 0 saturated carbocycles. The highest BCUT2D eigenvalue weighted by Gasteiger charge is 2.26. The lowest BCUT2D eigenvalue weighted by molar-refractivity contribution is -0.113. The second kappa shape index (κ2) is 8.34. The van der Waals surface area contributed by atoms with Crippen LogP contribution >= 0.6 is 23.1 Å². The van der Waals surface area contributed by atoms with E-state index in [2.05, 4.69) is 15.3 Å². The Morgan fingerprint density at radius 3 is 2.76 bits per heavy atom. The quantitative estimate of drug-likeness (QED) is 0.463. The van der Waals surface area contributed by atoms with E-state index in [1.165, 1.54) is 23.1 Å². The molecule has 29 heavy (non-hydrogen) atoms. The molecule has 3 aromatic rings. The van der Waals surface area contributed by atoms with E-state index in [-0.39, 0.29) is 11.7 Å². The fourth-order valence-electron chi connectivity index (χ4n) is 3.41. The average molecular weight is 425 g/mol. The van der Waals surface area contributed by atoms with Gasteiger partial charge in [-0.15, -0.1) is 11.3 Å². The van der Waals surface area contributed by atoms with Gasteiger partial charge in [-0.1, -0.05) is 42.1 Å². The average Bonchev–Trinajstić information content (AvgIpc) is 3.27. The first-order valence-corrected chi connectivity index (χ1v) is 11.1. The third kappa shape index (κ3) is 4.33. The second-order valence-electron chi connectivity index (χ2n) is 6.81. The van der Waals surface area contributed by atoms with Crippen LogP contribution in [0.1, 0.15) is 32.9 Å². The van der Waals surface area contributed by atoms with E-state index in [4.69, 9.17) is 5.73 Å². The molecule has 4 rings (SSSR count). The van der Waals surface area contributed by atoms with Crippen molar-refractivity contribution in [3.63, 3.8) is 0 Å². The first-order chi connectivity index (χ1) is 14.0. The van der Waals surface area contributed by atoms with Crippen molar-refractivity contribution in [3.8, 4) is 11.3 Å². The SMILES string of the molecule is Cc1cc(-c2ccccc2)nc(SCC(=O)Nc2sc3c(c2C(N)=O)CCC3)n1. The molecule has 8 heteroatoms. The molecular formula is C21H20N4O2S2. The van der Waals surface area contributed by atoms with Crippen molar-refractivity contribution in [2.75, 3.05) is 11.1 Å². The number of primary amides is 1. The normalized spacial score (nSPS) is 12.6. The molecule has 148 valence electrons. The number of aryl methyl sites for hydroxylation is 2. The molecule has 2 amide bonds. The summed E-state index contributed by atoms with van der Waals surface area (Å²) in [6.45, 7) is 1.91. The molecule has 0 atom stereocenters. The van der Waals surface area contributed by atoms with Crippen molar-refractivity contribution in [1.29, 1.82) is 0 Å². The number of aromatic nitrogens is 2. The standard InChI is InChI=1S/C21H20N4O2S2/c1-12-10-15(13-6-3-2-4-7-13)24-21(23-12)28-11-17(26)25-20-18(19(22)27)14-8-5-9-16(14)29-20/h2-4,6-7,10H,5,8-9,11H2,1H3,(H2,22,27)(H,25,26). The minimum atomic E-state index is -0.484. The number of nitrogens with two attached hydrogens (primary N) is 1. The van der Waals surface area contributed by atoms with Crippen LogP contribution in [0.5, 0.6) is 0 Å². The zero-order chi connectivity index (χ0) is 20.4. The number of fused-ring (bicyclic) bond motifs is 1. The summed E-state index contributed by atoms with van der Waals surface area (Å²) in [7, 11) is 0. The number of hydrogen-bond donors (Lipinski definition) is 2. The fourth-order valence-corrected chi connectivity index (χ4v) is 5.42. The first-order valence-electron chi connectivity index (χ1n) is 9.29. The molecule has 0 fully saturated rings. The largest absolute Gasteiger partial charge is 0.365 e. The van der Waals surface area contributed by atoms with Gasteiger partial charge in [0.1, 0.15) is 5.00 Å². The van der Waals surface area contributed by atoms with Crippen molar-refractivity contribution < 1.29 is 9.59 Å². The number of benzene rings is 1. The van der Waals surface area contributed by atoms with Crippen LogP contribution in [-0.2, 0) is 17.6 Å². The van der Waals surface area contributed by atoms with Crippen molar-refractivity contribution in [2.45, 2.75) is 31.3 Å². The van der Waals surface area contributed by atoms with Crippen molar-refractivity contribution in [3.05, 3.63) is 58.1 Å². The molecule has 6 nitrogen and oxygen atoms in total. The van der Waals surface area contributed by atoms with Gasteiger partial charge in [0.05, 0.1) is 17.0 Å². The third-order valence-corrected chi connectivity index (χ3v) is 6.71. The van der Waals surface area contributed by atoms with Crippen LogP contribution in [0.3, 0.4) is 0 Å². The first kappa shape index (κ1) is 19.6. The van der Waals surface area contributed by atoms with Gasteiger partial charge in [0, 0.05) is 16.1 Å². The predicted molar refractivity (Wildman–Crippen MR) is 116 cm³/mol. The Kier molecular flexibility index (Phi) is 5.64. The number of amides is 2. The molecular weight excluding hydrogens is 404 g/mol. The number of carbonyl (C=O) groups is 2. The molecule has 0 radical (unpaired) electrons. The number of thiophene rings is 1. The minimum Gasteiger partial charge on any atom is -0.365 e. The van der Waals surface area contributed by atoms with E-state index >= 15 is 0 Å². The minimum absolute atomic E-state index is 0.151. The summed E-state index contributed by atoms with van der Waals surface area (Å²) in [6.07, 6.45) is 2.80. The Hall–Kier alpha value is -2.71. The molecule has 2 heterocycles. The predicted octanol–water partition coefficient (Wildman–Crippen LogP) is 3.83. The third-order valence-electron chi connectivity index (χ3n) is 4.66. The van der Waals surface area contributed by atoms with Gasteiger partial charge >= 0.3 is 0 Å². The van der Waals surface area contributed by atoms with E-state index in [0.717, 1.165) is 46.7 Å². The lowest BCUT2D eigenvalue weighted by atomic mass is 10.1. The van der Waals surface area contributed by atoms with E-state index < -0.39 is 5.91 Å². The monoisotopic (exact) mass is 424 g/mol. The van der Waals surface area contributed by atoms with Gasteiger partial charge in [-0.05, 0) is 37.8 Å². The molecule has 1 aliphatic carbocycles. The maximum atomic E-state index is 12.5. The van der Waals surface area contributed by atoms with Crippen LogP contribution < -0.4 is 11.1 Å². The summed E-state index contributed by atoms with van der Waals surface area (Å²) in [4.78, 5) is 34.5. The molecule has 0 saturated heterocycles. The molecule has 2 aromatic heterocycles. The zero-order valence-corrected chi connectivity index (χ0v) is 17.5. The van der Waals surface area contributed by atoms with Crippen LogP contribution in [0.15, 0.2) is 41.6 Å². The summed E-state index contributed by atoms with van der Waals surface area (Å²) in [5, 5.41) is 3.96. The number of nitrogens with zero attached hydrogens (tertiary/aromatic N) is 2. The van der Waals surface area contributed by atoms with E-state index in [0.29, 0.717) is 15.7 Å². The number of nitrogens with one attached hydrogen (secondary N) is 1. The topological polar surface area (TPSA) is 98.0 Å². The molecule has 0 aliphatic heterocycles. The highest BCUT2D eigenvalue weighted by molar-refractivity contribution is 7.99. The van der Waals surface area contributed by atoms with Gasteiger partial charge in [-0.3, -0.25) is 9.59 Å². The fraction of sp³-hybridized carbons (Fsp3) is 0.238. The Bertz CT molecular complexity index is 1080. The number of hydrogen-bond acceptors (Lipinski definition) is 6. The van der Waals surface area contributed by atoms with Crippen LogP contribution in [0, 0.1) is 6.92 Å². The molecule has 1 aliphatic rings. The Balaban J connectivity index is 1.46. The van der Waals surface area contributed by atoms with Gasteiger partial charge in [0.2, 0.25) is 5.91 Å². The molecule has 3 N–H and O–H groups in total. The highest BCUT2D eigenvalue weighted by atomic mass is 32.2. The highest BCUT2D eigenvalue weighted by Crippen LogP contribution is 2.38. The summed E-state index contributed by atoms with van der Waals surface area (Å²) in [6, 6.07) is 11.8. The maximum absolute atomic E-state index is 12.5. The second-order valence-corrected chi connectivity index (χ2v) is 8.85. The van der Waals surface area contributed by atoms with Crippen LogP contribution in [0.2, 0.25) is 0 Å². The maximum Gasteiger partial charge on any atom is 0.251 e. The lowest BCUT2D eigenvalue weighted by Gasteiger charge is -2.07. The van der Waals surface area contributed by atoms with Gasteiger partial charge in [-0.25, -0.2) is 9.97 Å². The van der Waals surface area contributed by atoms with Crippen molar-refractivity contribution >= 4 is 39.9 Å². The van der Waals surface area contributed by atoms with Gasteiger partial charge < -0.3 is 11.1 Å². The van der Waals surface area contributed by atoms with E-state index in [9.17, 15) is 9.59 Å². The van der Waals surface area contributed by atoms with E-state index in [1.54, 1.807) is 0 Å². The Labute approximate surface area is 177 Å². The van der Waals surface area contributed by atoms with E-state index in [1.807, 2.05) is 43.3 Å². The Morgan fingerprint density at radius 2 is 2.00 bits per heavy atom. The van der Waals surface area contributed by atoms with Crippen LogP contribution in [-0.4, -0.2) is 27.5 Å². The number of carbonyl (C=O) groups excluding carboxylic acids is 2. The van der Waals surface area contributed by atoms with Gasteiger partial charge in [0.15, 0.2) is 5.16 Å². The van der Waals surface area contributed by atoms with Crippen molar-refractivity contribution in [2.24, 2.45) is 5.73 Å². The van der Waals surface area contributed by atoms with Crippen molar-refractivity contribution in [1.82, 2.24) is 9.97 Å². The number of thioether (sulfide) groups is 1. The zero-order valence-electron chi connectivity index (χ0n) is 15.9. The summed E-state index contributed by atoms with van der Waals surface area (Å²) in [5.41, 5.74) is 9.69. The summed E-state index contributed by atoms with van der Waals surface area (Å²) >= 11 is 2.73. The number of anilines is 1. The van der Waals surface area contributed by atoms with Gasteiger partial charge in [-0.2, -0.15) is 0 Å². The summed E-state index contributed by atoms with van der Waals surface area (Å²) in [5.74, 6) is -0.538. The molecule has 0 unspecified atom stereocenters. The van der Waals surface area contributed by atoms with Crippen LogP contribution in [0.4, 0.5) is 5.00 Å². The Morgan fingerprint density at radius 1 is 1.21 bits per heavy atom.